The number of rotatable bonds is 5. The maximum atomic E-state index is 14.4. The number of hydrogen-bond acceptors (Lipinski definition) is 4. The van der Waals surface area contributed by atoms with Crippen LogP contribution in [0.3, 0.4) is 0 Å². The maximum Gasteiger partial charge on any atom is 0.266 e. The summed E-state index contributed by atoms with van der Waals surface area (Å²) in [6.07, 6.45) is 1.06. The van der Waals surface area contributed by atoms with E-state index in [0.717, 1.165) is 25.1 Å². The fraction of sp³-hybridized carbons (Fsp3) is 0.200. The van der Waals surface area contributed by atoms with Crippen molar-refractivity contribution in [2.75, 3.05) is 13.1 Å². The molecule has 34 heavy (non-hydrogen) atoms. The molecule has 4 aromatic rings. The molecule has 1 aliphatic rings. The van der Waals surface area contributed by atoms with E-state index < -0.39 is 5.82 Å². The lowest BCUT2D eigenvalue weighted by Crippen LogP contribution is -2.30. The van der Waals surface area contributed by atoms with Gasteiger partial charge in [0.1, 0.15) is 11.6 Å². The third-order valence-corrected chi connectivity index (χ3v) is 6.79. The summed E-state index contributed by atoms with van der Waals surface area (Å²) in [6.45, 7) is 2.56. The Balaban J connectivity index is 1.69. The standard InChI is InChI=1S/C25H20Cl3FN4O/c26-15-2-4-18-23(10-15)32-24(33(25(18)34)17-3-6-21(28)22(29)11-17)19-9-14(1-5-20(19)27)12-31-16-7-8-30-13-16/h1-6,9-11,16,30-31H,7-8,12-13H2. The van der Waals surface area contributed by atoms with Crippen molar-refractivity contribution in [3.63, 3.8) is 0 Å². The fourth-order valence-electron chi connectivity index (χ4n) is 4.15. The molecule has 2 heterocycles. The number of aromatic nitrogens is 2. The third kappa shape index (κ3) is 4.57. The van der Waals surface area contributed by atoms with Gasteiger partial charge in [0.05, 0.1) is 26.6 Å². The van der Waals surface area contributed by atoms with Crippen LogP contribution in [0.5, 0.6) is 0 Å². The molecule has 1 fully saturated rings. The van der Waals surface area contributed by atoms with E-state index in [1.165, 1.54) is 16.7 Å². The van der Waals surface area contributed by atoms with Crippen LogP contribution in [0.15, 0.2) is 59.4 Å². The Hall–Kier alpha value is -2.48. The maximum absolute atomic E-state index is 14.4. The summed E-state index contributed by atoms with van der Waals surface area (Å²) in [5.74, 6) is -0.349. The van der Waals surface area contributed by atoms with Crippen LogP contribution in [-0.2, 0) is 6.54 Å². The zero-order valence-corrected chi connectivity index (χ0v) is 20.2. The minimum Gasteiger partial charge on any atom is -0.315 e. The molecule has 0 amide bonds. The van der Waals surface area contributed by atoms with Gasteiger partial charge in [0.15, 0.2) is 0 Å². The minimum absolute atomic E-state index is 0.0358. The first kappa shape index (κ1) is 23.3. The predicted octanol–water partition coefficient (Wildman–Crippen LogP) is 5.60. The van der Waals surface area contributed by atoms with E-state index in [1.54, 1.807) is 30.3 Å². The molecule has 0 aliphatic carbocycles. The monoisotopic (exact) mass is 516 g/mol. The van der Waals surface area contributed by atoms with E-state index in [-0.39, 0.29) is 16.4 Å². The molecular formula is C25H20Cl3FN4O. The predicted molar refractivity (Wildman–Crippen MR) is 136 cm³/mol. The number of fused-ring (bicyclic) bond motifs is 1. The average molecular weight is 518 g/mol. The SMILES string of the molecule is O=c1c2ccc(Cl)cc2nc(-c2cc(CNC3CCNC3)ccc2Cl)n1-c1ccc(Cl)c(F)c1. The van der Waals surface area contributed by atoms with Crippen molar-refractivity contribution in [2.24, 2.45) is 0 Å². The molecule has 1 atom stereocenters. The van der Waals surface area contributed by atoms with Gasteiger partial charge in [-0.2, -0.15) is 0 Å². The Bertz CT molecular complexity index is 1450. The molecule has 1 aromatic heterocycles. The van der Waals surface area contributed by atoms with Crippen LogP contribution in [0, 0.1) is 5.82 Å². The number of hydrogen-bond donors (Lipinski definition) is 2. The normalized spacial score (nSPS) is 15.8. The molecule has 3 aromatic carbocycles. The smallest absolute Gasteiger partial charge is 0.266 e. The van der Waals surface area contributed by atoms with Gasteiger partial charge in [-0.3, -0.25) is 9.36 Å². The second kappa shape index (κ2) is 9.64. The summed E-state index contributed by atoms with van der Waals surface area (Å²) in [5, 5.41) is 8.05. The average Bonchev–Trinajstić information content (AvgIpc) is 3.34. The highest BCUT2D eigenvalue weighted by Crippen LogP contribution is 2.31. The van der Waals surface area contributed by atoms with Crippen molar-refractivity contribution in [3.05, 3.63) is 91.4 Å². The number of nitrogens with one attached hydrogen (secondary N) is 2. The van der Waals surface area contributed by atoms with Crippen LogP contribution >= 0.6 is 34.8 Å². The lowest BCUT2D eigenvalue weighted by molar-refractivity contribution is 0.547. The van der Waals surface area contributed by atoms with Gasteiger partial charge >= 0.3 is 0 Å². The van der Waals surface area contributed by atoms with E-state index in [2.05, 4.69) is 10.6 Å². The van der Waals surface area contributed by atoms with Crippen molar-refractivity contribution in [3.8, 4) is 17.1 Å². The van der Waals surface area contributed by atoms with Crippen molar-refractivity contribution < 1.29 is 4.39 Å². The first-order valence-electron chi connectivity index (χ1n) is 10.8. The fourth-order valence-corrected chi connectivity index (χ4v) is 4.63. The van der Waals surface area contributed by atoms with Gasteiger partial charge in [0.25, 0.3) is 5.56 Å². The Morgan fingerprint density at radius 1 is 1.06 bits per heavy atom. The van der Waals surface area contributed by atoms with Gasteiger partial charge in [-0.05, 0) is 67.1 Å². The highest BCUT2D eigenvalue weighted by Gasteiger charge is 2.19. The summed E-state index contributed by atoms with van der Waals surface area (Å²) < 4.78 is 15.7. The van der Waals surface area contributed by atoms with Crippen molar-refractivity contribution >= 4 is 45.7 Å². The van der Waals surface area contributed by atoms with Gasteiger partial charge in [-0.25, -0.2) is 9.37 Å². The Morgan fingerprint density at radius 2 is 1.88 bits per heavy atom. The van der Waals surface area contributed by atoms with Crippen molar-refractivity contribution in [2.45, 2.75) is 19.0 Å². The minimum atomic E-state index is -0.637. The summed E-state index contributed by atoms with van der Waals surface area (Å²) in [6, 6.07) is 15.1. The quantitative estimate of drug-likeness (QED) is 0.362. The Kier molecular flexibility index (Phi) is 6.60. The molecule has 9 heteroatoms. The summed E-state index contributed by atoms with van der Waals surface area (Å²) in [5.41, 5.74) is 1.90. The summed E-state index contributed by atoms with van der Waals surface area (Å²) >= 11 is 18.7. The number of nitrogens with zero attached hydrogens (tertiary/aromatic N) is 2. The number of benzene rings is 3. The largest absolute Gasteiger partial charge is 0.315 e. The lowest BCUT2D eigenvalue weighted by atomic mass is 10.1. The molecule has 174 valence electrons. The molecule has 0 spiro atoms. The van der Waals surface area contributed by atoms with E-state index in [0.29, 0.717) is 44.8 Å². The van der Waals surface area contributed by atoms with Crippen LogP contribution in [-0.4, -0.2) is 28.7 Å². The highest BCUT2D eigenvalue weighted by atomic mass is 35.5. The van der Waals surface area contributed by atoms with Crippen LogP contribution < -0.4 is 16.2 Å². The zero-order chi connectivity index (χ0) is 23.8. The second-order valence-corrected chi connectivity index (χ2v) is 9.47. The zero-order valence-electron chi connectivity index (χ0n) is 17.9. The molecule has 0 saturated carbocycles. The van der Waals surface area contributed by atoms with Crippen LogP contribution in [0.1, 0.15) is 12.0 Å². The molecule has 0 radical (unpaired) electrons. The van der Waals surface area contributed by atoms with Gasteiger partial charge < -0.3 is 10.6 Å². The van der Waals surface area contributed by atoms with Gasteiger partial charge in [0, 0.05) is 29.7 Å². The number of halogens is 4. The van der Waals surface area contributed by atoms with Crippen LogP contribution in [0.4, 0.5) is 4.39 Å². The van der Waals surface area contributed by atoms with E-state index >= 15 is 0 Å². The van der Waals surface area contributed by atoms with E-state index in [9.17, 15) is 9.18 Å². The van der Waals surface area contributed by atoms with Crippen LogP contribution in [0.2, 0.25) is 15.1 Å². The second-order valence-electron chi connectivity index (χ2n) is 8.22. The molecule has 2 N–H and O–H groups in total. The highest BCUT2D eigenvalue weighted by molar-refractivity contribution is 6.33. The molecule has 1 aliphatic heterocycles. The molecular weight excluding hydrogens is 498 g/mol. The van der Waals surface area contributed by atoms with E-state index in [1.807, 2.05) is 12.1 Å². The first-order chi connectivity index (χ1) is 16.4. The van der Waals surface area contributed by atoms with E-state index in [4.69, 9.17) is 39.8 Å². The Labute approximate surface area is 210 Å². The third-order valence-electron chi connectivity index (χ3n) is 5.92. The lowest BCUT2D eigenvalue weighted by Gasteiger charge is -2.17. The van der Waals surface area contributed by atoms with Crippen molar-refractivity contribution in [1.82, 2.24) is 20.2 Å². The van der Waals surface area contributed by atoms with Gasteiger partial charge in [0.2, 0.25) is 0 Å². The molecule has 1 saturated heterocycles. The van der Waals surface area contributed by atoms with Crippen LogP contribution in [0.25, 0.3) is 28.0 Å². The van der Waals surface area contributed by atoms with Gasteiger partial charge in [-0.15, -0.1) is 0 Å². The topological polar surface area (TPSA) is 59.0 Å². The summed E-state index contributed by atoms with van der Waals surface area (Å²) in [7, 11) is 0. The van der Waals surface area contributed by atoms with Gasteiger partial charge in [-0.1, -0.05) is 40.9 Å². The summed E-state index contributed by atoms with van der Waals surface area (Å²) in [4.78, 5) is 18.3. The molecule has 0 bridgehead atoms. The Morgan fingerprint density at radius 3 is 2.65 bits per heavy atom. The first-order valence-corrected chi connectivity index (χ1v) is 11.9. The molecule has 1 unspecified atom stereocenters. The van der Waals surface area contributed by atoms with Crippen molar-refractivity contribution in [1.29, 1.82) is 0 Å². The molecule has 5 rings (SSSR count). The molecule has 5 nitrogen and oxygen atoms in total.